The fourth-order valence-corrected chi connectivity index (χ4v) is 3.12. The quantitative estimate of drug-likeness (QED) is 0.522. The smallest absolute Gasteiger partial charge is 0.324 e. The van der Waals surface area contributed by atoms with Crippen molar-refractivity contribution in [1.29, 1.82) is 0 Å². The highest BCUT2D eigenvalue weighted by Crippen LogP contribution is 2.29. The zero-order valence-electron chi connectivity index (χ0n) is 13.4. The summed E-state index contributed by atoms with van der Waals surface area (Å²) in [6.45, 7) is 9.73. The standard InChI is InChI=1S/C18H20N2O2S/c1-4-14-7-9-15(10-8-14)17(19(5-2)6-3)13-16-11-12-18(23-16)20(21)22/h4,7-13H,1,5-6H2,2-3H3/b17-13+. The summed E-state index contributed by atoms with van der Waals surface area (Å²) < 4.78 is 0. The lowest BCUT2D eigenvalue weighted by Crippen LogP contribution is -2.21. The van der Waals surface area contributed by atoms with E-state index in [4.69, 9.17) is 0 Å². The van der Waals surface area contributed by atoms with Crippen LogP contribution in [0.15, 0.2) is 43.0 Å². The molecule has 1 aromatic heterocycles. The molecule has 23 heavy (non-hydrogen) atoms. The van der Waals surface area contributed by atoms with Gasteiger partial charge >= 0.3 is 5.00 Å². The van der Waals surface area contributed by atoms with Gasteiger partial charge in [-0.1, -0.05) is 48.3 Å². The molecule has 1 aromatic carbocycles. The predicted octanol–water partition coefficient (Wildman–Crippen LogP) is 5.14. The Morgan fingerprint density at radius 1 is 1.22 bits per heavy atom. The van der Waals surface area contributed by atoms with E-state index in [-0.39, 0.29) is 9.92 Å². The predicted molar refractivity (Wildman–Crippen MR) is 98.3 cm³/mol. The third-order valence-corrected chi connectivity index (χ3v) is 4.60. The highest BCUT2D eigenvalue weighted by molar-refractivity contribution is 7.16. The van der Waals surface area contributed by atoms with Gasteiger partial charge in [-0.05, 0) is 37.1 Å². The second-order valence-corrected chi connectivity index (χ2v) is 6.05. The molecule has 120 valence electrons. The summed E-state index contributed by atoms with van der Waals surface area (Å²) in [5.74, 6) is 0. The fraction of sp³-hybridized carbons (Fsp3) is 0.222. The molecule has 0 spiro atoms. The van der Waals surface area contributed by atoms with Gasteiger partial charge in [0.15, 0.2) is 0 Å². The number of thiophene rings is 1. The van der Waals surface area contributed by atoms with Crippen molar-refractivity contribution in [3.63, 3.8) is 0 Å². The van der Waals surface area contributed by atoms with Gasteiger partial charge in [0.2, 0.25) is 0 Å². The van der Waals surface area contributed by atoms with Crippen LogP contribution in [0.5, 0.6) is 0 Å². The van der Waals surface area contributed by atoms with E-state index in [9.17, 15) is 10.1 Å². The molecular weight excluding hydrogens is 308 g/mol. The van der Waals surface area contributed by atoms with Crippen LogP contribution in [0.4, 0.5) is 5.00 Å². The maximum absolute atomic E-state index is 10.9. The lowest BCUT2D eigenvalue weighted by atomic mass is 10.1. The average Bonchev–Trinajstić information content (AvgIpc) is 3.04. The first kappa shape index (κ1) is 17.0. The normalized spacial score (nSPS) is 11.3. The van der Waals surface area contributed by atoms with Crippen LogP contribution >= 0.6 is 11.3 Å². The van der Waals surface area contributed by atoms with E-state index in [1.54, 1.807) is 12.1 Å². The molecule has 0 fully saturated rings. The molecule has 0 N–H and O–H groups in total. The zero-order valence-corrected chi connectivity index (χ0v) is 14.2. The van der Waals surface area contributed by atoms with E-state index < -0.39 is 0 Å². The molecule has 2 rings (SSSR count). The van der Waals surface area contributed by atoms with E-state index in [0.29, 0.717) is 0 Å². The number of nitrogens with zero attached hydrogens (tertiary/aromatic N) is 2. The van der Waals surface area contributed by atoms with Crippen molar-refractivity contribution in [3.8, 4) is 0 Å². The number of hydrogen-bond donors (Lipinski definition) is 0. The van der Waals surface area contributed by atoms with Gasteiger partial charge in [0.1, 0.15) is 0 Å². The van der Waals surface area contributed by atoms with Gasteiger partial charge in [0, 0.05) is 29.7 Å². The minimum absolute atomic E-state index is 0.164. The molecule has 0 atom stereocenters. The van der Waals surface area contributed by atoms with Crippen molar-refractivity contribution in [2.75, 3.05) is 13.1 Å². The third kappa shape index (κ3) is 4.07. The van der Waals surface area contributed by atoms with Crippen LogP contribution in [0, 0.1) is 10.1 Å². The number of benzene rings is 1. The molecule has 1 heterocycles. The lowest BCUT2D eigenvalue weighted by Gasteiger charge is -2.25. The van der Waals surface area contributed by atoms with Gasteiger partial charge in [-0.2, -0.15) is 0 Å². The maximum atomic E-state index is 10.9. The molecule has 0 aliphatic carbocycles. The van der Waals surface area contributed by atoms with Crippen molar-refractivity contribution < 1.29 is 4.92 Å². The highest BCUT2D eigenvalue weighted by Gasteiger charge is 2.12. The topological polar surface area (TPSA) is 46.4 Å². The number of rotatable bonds is 7. The molecule has 0 unspecified atom stereocenters. The molecule has 5 heteroatoms. The second kappa shape index (κ2) is 7.74. The highest BCUT2D eigenvalue weighted by atomic mass is 32.1. The van der Waals surface area contributed by atoms with E-state index >= 15 is 0 Å². The summed E-state index contributed by atoms with van der Waals surface area (Å²) in [6, 6.07) is 11.5. The van der Waals surface area contributed by atoms with Crippen molar-refractivity contribution in [1.82, 2.24) is 4.90 Å². The molecule has 0 saturated carbocycles. The molecule has 0 aliphatic heterocycles. The second-order valence-electron chi connectivity index (χ2n) is 4.96. The van der Waals surface area contributed by atoms with E-state index in [2.05, 4.69) is 37.5 Å². The van der Waals surface area contributed by atoms with E-state index in [1.807, 2.05) is 24.3 Å². The van der Waals surface area contributed by atoms with Crippen molar-refractivity contribution in [3.05, 3.63) is 69.1 Å². The fourth-order valence-electron chi connectivity index (χ4n) is 2.36. The Morgan fingerprint density at radius 2 is 1.87 bits per heavy atom. The van der Waals surface area contributed by atoms with Crippen molar-refractivity contribution >= 4 is 34.2 Å². The minimum atomic E-state index is -0.349. The van der Waals surface area contributed by atoms with Crippen LogP contribution < -0.4 is 0 Å². The van der Waals surface area contributed by atoms with Gasteiger partial charge in [-0.15, -0.1) is 0 Å². The largest absolute Gasteiger partial charge is 0.372 e. The van der Waals surface area contributed by atoms with Crippen LogP contribution in [-0.4, -0.2) is 22.9 Å². The monoisotopic (exact) mass is 328 g/mol. The Balaban J connectivity index is 2.45. The summed E-state index contributed by atoms with van der Waals surface area (Å²) in [7, 11) is 0. The van der Waals surface area contributed by atoms with Gasteiger partial charge in [-0.25, -0.2) is 0 Å². The molecule has 2 aromatic rings. The molecule has 0 bridgehead atoms. The molecule has 4 nitrogen and oxygen atoms in total. The SMILES string of the molecule is C=Cc1ccc(/C(=C\c2ccc([N+](=O)[O-])s2)N(CC)CC)cc1. The van der Waals surface area contributed by atoms with Crippen LogP contribution in [0.1, 0.15) is 29.9 Å². The van der Waals surface area contributed by atoms with Crippen molar-refractivity contribution in [2.24, 2.45) is 0 Å². The number of nitro groups is 1. The maximum Gasteiger partial charge on any atom is 0.324 e. The Hall–Kier alpha value is -2.40. The summed E-state index contributed by atoms with van der Waals surface area (Å²) in [5, 5.41) is 11.0. The molecular formula is C18H20N2O2S. The molecule has 0 amide bonds. The summed E-state index contributed by atoms with van der Waals surface area (Å²) in [6.07, 6.45) is 3.83. The van der Waals surface area contributed by atoms with Gasteiger partial charge < -0.3 is 4.90 Å². The Labute approximate surface area is 140 Å². The first-order valence-corrected chi connectivity index (χ1v) is 8.34. The summed E-state index contributed by atoms with van der Waals surface area (Å²) in [4.78, 5) is 13.6. The van der Waals surface area contributed by atoms with Gasteiger partial charge in [0.05, 0.1) is 4.92 Å². The van der Waals surface area contributed by atoms with Crippen LogP contribution in [-0.2, 0) is 0 Å². The molecule has 0 radical (unpaired) electrons. The van der Waals surface area contributed by atoms with Crippen molar-refractivity contribution in [2.45, 2.75) is 13.8 Å². The van der Waals surface area contributed by atoms with Crippen LogP contribution in [0.25, 0.3) is 17.8 Å². The van der Waals surface area contributed by atoms with Gasteiger partial charge in [-0.3, -0.25) is 10.1 Å². The van der Waals surface area contributed by atoms with Crippen LogP contribution in [0.3, 0.4) is 0 Å². The molecule has 0 aliphatic rings. The first-order valence-electron chi connectivity index (χ1n) is 7.52. The van der Waals surface area contributed by atoms with E-state index in [0.717, 1.165) is 34.8 Å². The minimum Gasteiger partial charge on any atom is -0.372 e. The lowest BCUT2D eigenvalue weighted by molar-refractivity contribution is -0.380. The third-order valence-electron chi connectivity index (χ3n) is 3.62. The first-order chi connectivity index (χ1) is 11.1. The average molecular weight is 328 g/mol. The Morgan fingerprint density at radius 3 is 2.35 bits per heavy atom. The zero-order chi connectivity index (χ0) is 16.8. The summed E-state index contributed by atoms with van der Waals surface area (Å²) >= 11 is 1.19. The van der Waals surface area contributed by atoms with Crippen LogP contribution in [0.2, 0.25) is 0 Å². The molecule has 0 saturated heterocycles. The van der Waals surface area contributed by atoms with E-state index in [1.165, 1.54) is 11.3 Å². The Kier molecular flexibility index (Phi) is 5.71. The van der Waals surface area contributed by atoms with Gasteiger partial charge in [0.25, 0.3) is 0 Å². The summed E-state index contributed by atoms with van der Waals surface area (Å²) in [5.41, 5.74) is 3.23. The Bertz CT molecular complexity index is 713. The number of hydrogen-bond acceptors (Lipinski definition) is 4.